The van der Waals surface area contributed by atoms with E-state index in [4.69, 9.17) is 0 Å². The largest absolute Gasteiger partial charge is 0.385 e. The maximum absolute atomic E-state index is 13.7. The van der Waals surface area contributed by atoms with E-state index in [-0.39, 0.29) is 5.52 Å². The molecule has 0 saturated heterocycles. The van der Waals surface area contributed by atoms with Crippen LogP contribution in [0.15, 0.2) is 22.7 Å². The molecular weight excluding hydrogens is 309 g/mol. The number of benzene rings is 1. The monoisotopic (exact) mass is 318 g/mol. The highest BCUT2D eigenvalue weighted by molar-refractivity contribution is 9.10. The SMILES string of the molecule is CCNc1cc(C(F)F)nc2c(F)ccc(Br)c12. The molecule has 0 radical (unpaired) electrons. The standard InChI is InChI=1S/C12H10BrF3N2/c1-2-17-8-5-9(12(15)16)18-11-7(14)4-3-6(13)10(8)11/h3-5,12H,2H2,1H3,(H,17,18). The summed E-state index contributed by atoms with van der Waals surface area (Å²) in [6.45, 7) is 2.38. The lowest BCUT2D eigenvalue weighted by molar-refractivity contribution is 0.146. The maximum atomic E-state index is 13.7. The molecule has 2 rings (SSSR count). The number of hydrogen-bond donors (Lipinski definition) is 1. The zero-order valence-electron chi connectivity index (χ0n) is 9.48. The van der Waals surface area contributed by atoms with Crippen molar-refractivity contribution in [1.29, 1.82) is 0 Å². The topological polar surface area (TPSA) is 24.9 Å². The molecule has 1 heterocycles. The van der Waals surface area contributed by atoms with Crippen LogP contribution in [0.2, 0.25) is 0 Å². The Bertz CT molecular complexity index is 587. The molecule has 0 amide bonds. The van der Waals surface area contributed by atoms with E-state index in [0.717, 1.165) is 0 Å². The molecule has 96 valence electrons. The Labute approximate surface area is 110 Å². The molecule has 0 aliphatic carbocycles. The van der Waals surface area contributed by atoms with Crippen molar-refractivity contribution in [2.75, 3.05) is 11.9 Å². The van der Waals surface area contributed by atoms with Crippen LogP contribution in [0.3, 0.4) is 0 Å². The van der Waals surface area contributed by atoms with Gasteiger partial charge in [-0.1, -0.05) is 15.9 Å². The van der Waals surface area contributed by atoms with E-state index in [2.05, 4.69) is 26.2 Å². The van der Waals surface area contributed by atoms with Gasteiger partial charge in [-0.15, -0.1) is 0 Å². The van der Waals surface area contributed by atoms with Gasteiger partial charge in [-0.25, -0.2) is 18.2 Å². The maximum Gasteiger partial charge on any atom is 0.280 e. The van der Waals surface area contributed by atoms with Crippen molar-refractivity contribution in [3.05, 3.63) is 34.2 Å². The van der Waals surface area contributed by atoms with Gasteiger partial charge in [0.15, 0.2) is 0 Å². The molecule has 0 fully saturated rings. The molecule has 0 aliphatic heterocycles. The van der Waals surface area contributed by atoms with E-state index in [1.165, 1.54) is 18.2 Å². The number of rotatable bonds is 3. The summed E-state index contributed by atoms with van der Waals surface area (Å²) in [5, 5.41) is 3.42. The number of aromatic nitrogens is 1. The van der Waals surface area contributed by atoms with E-state index in [0.29, 0.717) is 22.1 Å². The number of nitrogens with zero attached hydrogens (tertiary/aromatic N) is 1. The number of nitrogens with one attached hydrogen (secondary N) is 1. The van der Waals surface area contributed by atoms with Crippen LogP contribution in [0, 0.1) is 5.82 Å². The number of fused-ring (bicyclic) bond motifs is 1. The summed E-state index contributed by atoms with van der Waals surface area (Å²) in [7, 11) is 0. The van der Waals surface area contributed by atoms with Gasteiger partial charge in [0.1, 0.15) is 17.0 Å². The Morgan fingerprint density at radius 3 is 2.72 bits per heavy atom. The Hall–Kier alpha value is -1.30. The quantitative estimate of drug-likeness (QED) is 0.900. The summed E-state index contributed by atoms with van der Waals surface area (Å²) in [4.78, 5) is 3.68. The van der Waals surface area contributed by atoms with Gasteiger partial charge < -0.3 is 5.32 Å². The van der Waals surface area contributed by atoms with Gasteiger partial charge in [0.05, 0.1) is 0 Å². The highest BCUT2D eigenvalue weighted by Gasteiger charge is 2.16. The fourth-order valence-corrected chi connectivity index (χ4v) is 2.26. The second-order valence-corrected chi connectivity index (χ2v) is 4.53. The number of pyridine rings is 1. The normalized spacial score (nSPS) is 11.2. The second kappa shape index (κ2) is 5.14. The molecule has 2 nitrogen and oxygen atoms in total. The van der Waals surface area contributed by atoms with Gasteiger partial charge in [-0.05, 0) is 25.1 Å². The minimum Gasteiger partial charge on any atom is -0.385 e. The third kappa shape index (κ3) is 2.29. The molecule has 0 aliphatic rings. The molecule has 0 atom stereocenters. The third-order valence-corrected chi connectivity index (χ3v) is 3.13. The molecule has 18 heavy (non-hydrogen) atoms. The molecule has 0 spiro atoms. The van der Waals surface area contributed by atoms with Gasteiger partial charge >= 0.3 is 0 Å². The summed E-state index contributed by atoms with van der Waals surface area (Å²) < 4.78 is 39.7. The Morgan fingerprint density at radius 2 is 2.11 bits per heavy atom. The Morgan fingerprint density at radius 1 is 1.39 bits per heavy atom. The lowest BCUT2D eigenvalue weighted by Gasteiger charge is -2.12. The van der Waals surface area contributed by atoms with Gasteiger partial charge in [0.2, 0.25) is 0 Å². The molecule has 6 heteroatoms. The zero-order chi connectivity index (χ0) is 13.3. The smallest absolute Gasteiger partial charge is 0.280 e. The number of alkyl halides is 2. The summed E-state index contributed by atoms with van der Waals surface area (Å²) >= 11 is 3.28. The minimum atomic E-state index is -2.73. The van der Waals surface area contributed by atoms with Crippen LogP contribution in [-0.4, -0.2) is 11.5 Å². The first-order chi connectivity index (χ1) is 8.54. The molecule has 0 unspecified atom stereocenters. The van der Waals surface area contributed by atoms with Crippen molar-refractivity contribution >= 4 is 32.5 Å². The first-order valence-corrected chi connectivity index (χ1v) is 6.14. The molecule has 0 bridgehead atoms. The molecule has 1 aromatic carbocycles. The average molecular weight is 319 g/mol. The fraction of sp³-hybridized carbons (Fsp3) is 0.250. The van der Waals surface area contributed by atoms with E-state index in [1.54, 1.807) is 0 Å². The summed E-state index contributed by atoms with van der Waals surface area (Å²) in [5.74, 6) is -0.616. The van der Waals surface area contributed by atoms with Crippen LogP contribution in [0.25, 0.3) is 10.9 Å². The van der Waals surface area contributed by atoms with Crippen LogP contribution in [0.5, 0.6) is 0 Å². The highest BCUT2D eigenvalue weighted by atomic mass is 79.9. The van der Waals surface area contributed by atoms with Crippen LogP contribution in [0.1, 0.15) is 19.0 Å². The molecule has 0 saturated carbocycles. The van der Waals surface area contributed by atoms with Crippen molar-refractivity contribution in [3.8, 4) is 0 Å². The molecule has 2 aromatic rings. The lowest BCUT2D eigenvalue weighted by atomic mass is 10.1. The first-order valence-electron chi connectivity index (χ1n) is 5.35. The third-order valence-electron chi connectivity index (χ3n) is 2.47. The predicted octanol–water partition coefficient (Wildman–Crippen LogP) is 4.51. The van der Waals surface area contributed by atoms with Crippen LogP contribution in [-0.2, 0) is 0 Å². The summed E-state index contributed by atoms with van der Waals surface area (Å²) in [6, 6.07) is 3.98. The summed E-state index contributed by atoms with van der Waals surface area (Å²) in [6.07, 6.45) is -2.73. The Kier molecular flexibility index (Phi) is 3.75. The van der Waals surface area contributed by atoms with Crippen LogP contribution < -0.4 is 5.32 Å². The second-order valence-electron chi connectivity index (χ2n) is 3.68. The van der Waals surface area contributed by atoms with Gasteiger partial charge in [-0.2, -0.15) is 0 Å². The van der Waals surface area contributed by atoms with E-state index in [9.17, 15) is 13.2 Å². The number of anilines is 1. The van der Waals surface area contributed by atoms with E-state index in [1.807, 2.05) is 6.92 Å². The Balaban J connectivity index is 2.80. The number of halogens is 4. The predicted molar refractivity (Wildman–Crippen MR) is 68.5 cm³/mol. The van der Waals surface area contributed by atoms with Crippen LogP contribution in [0.4, 0.5) is 18.9 Å². The van der Waals surface area contributed by atoms with Crippen LogP contribution >= 0.6 is 15.9 Å². The first kappa shape index (κ1) is 13.1. The van der Waals surface area contributed by atoms with Crippen molar-refractivity contribution in [1.82, 2.24) is 4.98 Å². The molecule has 1 N–H and O–H groups in total. The van der Waals surface area contributed by atoms with Crippen molar-refractivity contribution in [2.24, 2.45) is 0 Å². The van der Waals surface area contributed by atoms with Crippen molar-refractivity contribution in [2.45, 2.75) is 13.3 Å². The summed E-state index contributed by atoms with van der Waals surface area (Å²) in [5.41, 5.74) is -0.0437. The fourth-order valence-electron chi connectivity index (χ4n) is 1.73. The zero-order valence-corrected chi connectivity index (χ0v) is 11.1. The van der Waals surface area contributed by atoms with E-state index >= 15 is 0 Å². The van der Waals surface area contributed by atoms with Gasteiger partial charge in [0.25, 0.3) is 6.43 Å². The highest BCUT2D eigenvalue weighted by Crippen LogP contribution is 2.34. The lowest BCUT2D eigenvalue weighted by Crippen LogP contribution is -2.02. The van der Waals surface area contributed by atoms with Crippen molar-refractivity contribution in [3.63, 3.8) is 0 Å². The van der Waals surface area contributed by atoms with E-state index < -0.39 is 17.9 Å². The molecule has 1 aromatic heterocycles. The van der Waals surface area contributed by atoms with Gasteiger partial charge in [0, 0.05) is 22.1 Å². The minimum absolute atomic E-state index is 0.0573. The molecular formula is C12H10BrF3N2. The average Bonchev–Trinajstić information content (AvgIpc) is 2.33. The number of hydrogen-bond acceptors (Lipinski definition) is 2. The van der Waals surface area contributed by atoms with Gasteiger partial charge in [-0.3, -0.25) is 0 Å². The van der Waals surface area contributed by atoms with Crippen molar-refractivity contribution < 1.29 is 13.2 Å².